The van der Waals surface area contributed by atoms with E-state index in [1.807, 2.05) is 11.5 Å². The summed E-state index contributed by atoms with van der Waals surface area (Å²) in [6.07, 6.45) is 3.17. The molecule has 3 rings (SSSR count). The van der Waals surface area contributed by atoms with Gasteiger partial charge < -0.3 is 15.2 Å². The average molecular weight is 278 g/mol. The standard InChI is InChI=1S/C12H15FN6O/c1-2-18-7-17-8-9(18)15-6-16-10(8)19-4-3-12(13,5-19)11(14)20/h6-7H,2-5H2,1H3,(H2,14,20). The Morgan fingerprint density at radius 1 is 1.50 bits per heavy atom. The molecule has 7 nitrogen and oxygen atoms in total. The molecule has 1 fully saturated rings. The van der Waals surface area contributed by atoms with Gasteiger partial charge in [0, 0.05) is 19.5 Å². The SMILES string of the molecule is CCn1cnc2c(N3CCC(F)(C(N)=O)C3)ncnc21. The Labute approximate surface area is 114 Å². The van der Waals surface area contributed by atoms with Crippen molar-refractivity contribution in [3.63, 3.8) is 0 Å². The number of alkyl halides is 1. The molecule has 2 N–H and O–H groups in total. The monoisotopic (exact) mass is 278 g/mol. The lowest BCUT2D eigenvalue weighted by Crippen LogP contribution is -2.42. The molecule has 1 amide bonds. The fourth-order valence-corrected chi connectivity index (χ4v) is 2.49. The predicted molar refractivity (Wildman–Crippen MR) is 70.9 cm³/mol. The number of imidazole rings is 1. The molecule has 106 valence electrons. The Bertz CT molecular complexity index is 671. The van der Waals surface area contributed by atoms with Gasteiger partial charge in [-0.05, 0) is 6.92 Å². The second-order valence-corrected chi connectivity index (χ2v) is 4.90. The first-order chi connectivity index (χ1) is 9.55. The van der Waals surface area contributed by atoms with Gasteiger partial charge in [-0.25, -0.2) is 19.3 Å². The number of hydrogen-bond acceptors (Lipinski definition) is 5. The maximum atomic E-state index is 14.3. The molecule has 0 spiro atoms. The number of halogens is 1. The summed E-state index contributed by atoms with van der Waals surface area (Å²) in [4.78, 5) is 25.5. The number of rotatable bonds is 3. The van der Waals surface area contributed by atoms with Gasteiger partial charge in [0.25, 0.3) is 5.91 Å². The van der Waals surface area contributed by atoms with E-state index in [0.717, 1.165) is 6.54 Å². The number of aryl methyl sites for hydroxylation is 1. The van der Waals surface area contributed by atoms with Gasteiger partial charge in [0.2, 0.25) is 5.67 Å². The van der Waals surface area contributed by atoms with Crippen LogP contribution < -0.4 is 10.6 Å². The largest absolute Gasteiger partial charge is 0.367 e. The number of amides is 1. The summed E-state index contributed by atoms with van der Waals surface area (Å²) in [6.45, 7) is 3.01. The molecule has 2 aromatic heterocycles. The summed E-state index contributed by atoms with van der Waals surface area (Å²) in [5, 5.41) is 0. The van der Waals surface area contributed by atoms with Crippen LogP contribution in [0.3, 0.4) is 0 Å². The number of nitrogens with zero attached hydrogens (tertiary/aromatic N) is 5. The molecule has 20 heavy (non-hydrogen) atoms. The highest BCUT2D eigenvalue weighted by molar-refractivity contribution is 5.87. The highest BCUT2D eigenvalue weighted by atomic mass is 19.1. The highest BCUT2D eigenvalue weighted by Crippen LogP contribution is 2.31. The predicted octanol–water partition coefficient (Wildman–Crippen LogP) is 0.250. The molecular formula is C12H15FN6O. The zero-order valence-corrected chi connectivity index (χ0v) is 11.1. The average Bonchev–Trinajstić information content (AvgIpc) is 3.02. The number of hydrogen-bond donors (Lipinski definition) is 1. The van der Waals surface area contributed by atoms with Gasteiger partial charge in [0.1, 0.15) is 6.33 Å². The second-order valence-electron chi connectivity index (χ2n) is 4.90. The van der Waals surface area contributed by atoms with E-state index in [1.54, 1.807) is 11.2 Å². The fourth-order valence-electron chi connectivity index (χ4n) is 2.49. The third-order valence-corrected chi connectivity index (χ3v) is 3.68. The number of nitrogens with two attached hydrogens (primary N) is 1. The Morgan fingerprint density at radius 3 is 2.95 bits per heavy atom. The minimum absolute atomic E-state index is 0.0717. The van der Waals surface area contributed by atoms with E-state index in [4.69, 9.17) is 5.73 Å². The van der Waals surface area contributed by atoms with E-state index in [-0.39, 0.29) is 13.0 Å². The van der Waals surface area contributed by atoms with Crippen LogP contribution in [0.15, 0.2) is 12.7 Å². The number of fused-ring (bicyclic) bond motifs is 1. The van der Waals surface area contributed by atoms with Crippen LogP contribution in [0.2, 0.25) is 0 Å². The number of carbonyl (C=O) groups is 1. The van der Waals surface area contributed by atoms with Gasteiger partial charge in [-0.2, -0.15) is 0 Å². The van der Waals surface area contributed by atoms with Gasteiger partial charge in [-0.15, -0.1) is 0 Å². The zero-order valence-electron chi connectivity index (χ0n) is 11.1. The Hall–Kier alpha value is -2.25. The van der Waals surface area contributed by atoms with Crippen molar-refractivity contribution < 1.29 is 9.18 Å². The van der Waals surface area contributed by atoms with Gasteiger partial charge >= 0.3 is 0 Å². The zero-order chi connectivity index (χ0) is 14.3. The lowest BCUT2D eigenvalue weighted by molar-refractivity contribution is -0.128. The maximum absolute atomic E-state index is 14.3. The van der Waals surface area contributed by atoms with Gasteiger partial charge in [-0.3, -0.25) is 4.79 Å². The van der Waals surface area contributed by atoms with Crippen molar-refractivity contribution in [2.24, 2.45) is 5.73 Å². The van der Waals surface area contributed by atoms with E-state index in [0.29, 0.717) is 23.5 Å². The quantitative estimate of drug-likeness (QED) is 0.869. The molecule has 0 radical (unpaired) electrons. The molecule has 0 aromatic carbocycles. The second kappa shape index (κ2) is 4.39. The van der Waals surface area contributed by atoms with E-state index in [2.05, 4.69) is 15.0 Å². The molecule has 0 saturated carbocycles. The van der Waals surface area contributed by atoms with Crippen molar-refractivity contribution in [1.29, 1.82) is 0 Å². The van der Waals surface area contributed by atoms with E-state index < -0.39 is 11.6 Å². The summed E-state index contributed by atoms with van der Waals surface area (Å²) in [7, 11) is 0. The Kier molecular flexibility index (Phi) is 2.81. The molecule has 1 unspecified atom stereocenters. The van der Waals surface area contributed by atoms with Crippen molar-refractivity contribution in [2.45, 2.75) is 25.6 Å². The van der Waals surface area contributed by atoms with Crippen LogP contribution in [0.1, 0.15) is 13.3 Å². The topological polar surface area (TPSA) is 89.9 Å². The van der Waals surface area contributed by atoms with E-state index in [1.165, 1.54) is 6.33 Å². The molecule has 0 bridgehead atoms. The third kappa shape index (κ3) is 1.79. The maximum Gasteiger partial charge on any atom is 0.257 e. The summed E-state index contributed by atoms with van der Waals surface area (Å²) in [5.74, 6) is -0.382. The Morgan fingerprint density at radius 2 is 2.30 bits per heavy atom. The molecule has 1 saturated heterocycles. The molecular weight excluding hydrogens is 263 g/mol. The van der Waals surface area contributed by atoms with E-state index >= 15 is 0 Å². The van der Waals surface area contributed by atoms with Crippen LogP contribution in [0.4, 0.5) is 10.2 Å². The minimum atomic E-state index is -2.00. The molecule has 1 aliphatic heterocycles. The number of aromatic nitrogens is 4. The van der Waals surface area contributed by atoms with Crippen LogP contribution in [-0.4, -0.2) is 44.2 Å². The van der Waals surface area contributed by atoms with E-state index in [9.17, 15) is 9.18 Å². The normalized spacial score (nSPS) is 22.6. The summed E-state index contributed by atoms with van der Waals surface area (Å²) >= 11 is 0. The van der Waals surface area contributed by atoms with Gasteiger partial charge in [-0.1, -0.05) is 0 Å². The minimum Gasteiger partial charge on any atom is -0.367 e. The van der Waals surface area contributed by atoms with Gasteiger partial charge in [0.15, 0.2) is 17.0 Å². The highest BCUT2D eigenvalue weighted by Gasteiger charge is 2.44. The first kappa shape index (κ1) is 12.8. The van der Waals surface area contributed by atoms with Crippen LogP contribution in [0.25, 0.3) is 11.2 Å². The summed E-state index contributed by atoms with van der Waals surface area (Å²) < 4.78 is 16.1. The first-order valence-electron chi connectivity index (χ1n) is 6.45. The van der Waals surface area contributed by atoms with Crippen LogP contribution in [0.5, 0.6) is 0 Å². The molecule has 1 aliphatic rings. The van der Waals surface area contributed by atoms with Crippen molar-refractivity contribution >= 4 is 22.9 Å². The first-order valence-corrected chi connectivity index (χ1v) is 6.45. The molecule has 2 aromatic rings. The molecule has 8 heteroatoms. The molecule has 0 aliphatic carbocycles. The lowest BCUT2D eigenvalue weighted by atomic mass is 10.1. The van der Waals surface area contributed by atoms with Gasteiger partial charge in [0.05, 0.1) is 12.9 Å². The number of primary amides is 1. The van der Waals surface area contributed by atoms with Crippen LogP contribution in [0, 0.1) is 0 Å². The summed E-state index contributed by atoms with van der Waals surface area (Å²) in [5.41, 5.74) is 4.44. The van der Waals surface area contributed by atoms with Crippen molar-refractivity contribution in [3.8, 4) is 0 Å². The number of carbonyl (C=O) groups excluding carboxylic acids is 1. The fraction of sp³-hybridized carbons (Fsp3) is 0.500. The van der Waals surface area contributed by atoms with Crippen LogP contribution in [-0.2, 0) is 11.3 Å². The Balaban J connectivity index is 2.00. The van der Waals surface area contributed by atoms with Crippen molar-refractivity contribution in [3.05, 3.63) is 12.7 Å². The van der Waals surface area contributed by atoms with Crippen molar-refractivity contribution in [2.75, 3.05) is 18.0 Å². The number of anilines is 1. The molecule has 3 heterocycles. The third-order valence-electron chi connectivity index (χ3n) is 3.68. The van der Waals surface area contributed by atoms with Crippen molar-refractivity contribution in [1.82, 2.24) is 19.5 Å². The lowest BCUT2D eigenvalue weighted by Gasteiger charge is -2.19. The van der Waals surface area contributed by atoms with Crippen LogP contribution >= 0.6 is 0 Å². The molecule has 1 atom stereocenters. The summed E-state index contributed by atoms with van der Waals surface area (Å²) in [6, 6.07) is 0. The smallest absolute Gasteiger partial charge is 0.257 e.